The van der Waals surface area contributed by atoms with Crippen LogP contribution in [0.15, 0.2) is 65.7 Å². The van der Waals surface area contributed by atoms with E-state index in [0.717, 1.165) is 5.56 Å². The van der Waals surface area contributed by atoms with Crippen LogP contribution >= 0.6 is 23.2 Å². The molecule has 3 aromatic carbocycles. The van der Waals surface area contributed by atoms with Crippen molar-refractivity contribution in [3.8, 4) is 5.69 Å². The lowest BCUT2D eigenvalue weighted by Gasteiger charge is -2.19. The lowest BCUT2D eigenvalue weighted by molar-refractivity contribution is 0.0952. The van der Waals surface area contributed by atoms with Crippen molar-refractivity contribution in [1.82, 2.24) is 30.0 Å². The van der Waals surface area contributed by atoms with Crippen LogP contribution < -0.4 is 10.9 Å². The maximum Gasteiger partial charge on any atom is 0.270 e. The lowest BCUT2D eigenvalue weighted by atomic mass is 9.95. The average molecular weight is 551 g/mol. The van der Waals surface area contributed by atoms with E-state index in [9.17, 15) is 14.0 Å². The number of benzene rings is 3. The average Bonchev–Trinajstić information content (AvgIpc) is 3.31. The summed E-state index contributed by atoms with van der Waals surface area (Å²) in [4.78, 5) is 37.9. The van der Waals surface area contributed by atoms with E-state index in [1.165, 1.54) is 29.2 Å². The van der Waals surface area contributed by atoms with Crippen molar-refractivity contribution in [2.24, 2.45) is 0 Å². The van der Waals surface area contributed by atoms with Gasteiger partial charge in [-0.1, -0.05) is 47.5 Å². The molecular formula is C27H21Cl2FN6O2. The highest BCUT2D eigenvalue weighted by Crippen LogP contribution is 2.29. The smallest absolute Gasteiger partial charge is 0.270 e. The Hall–Kier alpha value is -4.08. The number of aromatic amines is 1. The van der Waals surface area contributed by atoms with Crippen LogP contribution in [-0.2, 0) is 0 Å². The summed E-state index contributed by atoms with van der Waals surface area (Å²) in [6.45, 7) is 3.55. The molecule has 0 fully saturated rings. The number of aryl methyl sites for hydroxylation is 2. The fourth-order valence-corrected chi connectivity index (χ4v) is 4.91. The van der Waals surface area contributed by atoms with Crippen LogP contribution in [0.2, 0.25) is 10.0 Å². The van der Waals surface area contributed by atoms with Gasteiger partial charge in [0, 0.05) is 12.5 Å². The minimum absolute atomic E-state index is 0.0583. The van der Waals surface area contributed by atoms with Crippen LogP contribution in [0.5, 0.6) is 0 Å². The molecule has 2 aromatic heterocycles. The number of hydrogen-bond acceptors (Lipinski definition) is 5. The van der Waals surface area contributed by atoms with E-state index in [4.69, 9.17) is 23.2 Å². The van der Waals surface area contributed by atoms with Crippen LogP contribution in [0.4, 0.5) is 4.39 Å². The fraction of sp³-hybridized carbons (Fsp3) is 0.148. The molecule has 0 radical (unpaired) electrons. The van der Waals surface area contributed by atoms with Gasteiger partial charge in [0.15, 0.2) is 0 Å². The third-order valence-corrected chi connectivity index (χ3v) is 6.73. The van der Waals surface area contributed by atoms with Gasteiger partial charge in [-0.15, -0.1) is 0 Å². The highest BCUT2D eigenvalue weighted by Gasteiger charge is 2.24. The molecule has 5 aromatic rings. The maximum atomic E-state index is 14.2. The number of nitrogens with one attached hydrogen (secondary N) is 2. The standard InChI is InChI=1S/C27H21Cl2FN6O2/c1-14-5-3-8-22-24(14)34-27(38)25(33-22)19(16-6-4-7-17(30)9-16)12-31-26(37)23-20(28)10-18(11-21(23)29)36-13-32-15(2)35-36/h3-11,13,19H,12H2,1-2H3,(H,31,37)(H,34,38). The first-order valence-electron chi connectivity index (χ1n) is 11.6. The van der Waals surface area contributed by atoms with Crippen LogP contribution in [0.1, 0.15) is 38.9 Å². The summed E-state index contributed by atoms with van der Waals surface area (Å²) < 4.78 is 15.7. The molecule has 0 saturated heterocycles. The van der Waals surface area contributed by atoms with Crippen LogP contribution in [0.3, 0.4) is 0 Å². The topological polar surface area (TPSA) is 106 Å². The summed E-state index contributed by atoms with van der Waals surface area (Å²) in [5, 5.41) is 7.23. The Kier molecular flexibility index (Phi) is 6.96. The van der Waals surface area contributed by atoms with Crippen molar-refractivity contribution >= 4 is 40.1 Å². The van der Waals surface area contributed by atoms with Crippen molar-refractivity contribution in [2.45, 2.75) is 19.8 Å². The van der Waals surface area contributed by atoms with Gasteiger partial charge in [0.1, 0.15) is 23.7 Å². The molecule has 0 aliphatic carbocycles. The molecule has 2 N–H and O–H groups in total. The van der Waals surface area contributed by atoms with E-state index in [1.807, 2.05) is 19.1 Å². The molecule has 5 rings (SSSR count). The zero-order valence-corrected chi connectivity index (χ0v) is 21.8. The zero-order chi connectivity index (χ0) is 27.0. The molecule has 1 unspecified atom stereocenters. The first-order valence-corrected chi connectivity index (χ1v) is 12.4. The molecule has 38 heavy (non-hydrogen) atoms. The number of nitrogens with zero attached hydrogens (tertiary/aromatic N) is 4. The quantitative estimate of drug-likeness (QED) is 0.305. The second-order valence-corrected chi connectivity index (χ2v) is 9.57. The summed E-state index contributed by atoms with van der Waals surface area (Å²) in [7, 11) is 0. The van der Waals surface area contributed by atoms with Gasteiger partial charge in [-0.05, 0) is 55.3 Å². The van der Waals surface area contributed by atoms with Gasteiger partial charge in [-0.2, -0.15) is 5.10 Å². The SMILES string of the molecule is Cc1ncn(-c2cc(Cl)c(C(=O)NCC(c3cccc(F)c3)c3nc4cccc(C)c4[nH]c3=O)c(Cl)c2)n1. The van der Waals surface area contributed by atoms with Gasteiger partial charge in [0.05, 0.1) is 32.3 Å². The van der Waals surface area contributed by atoms with Gasteiger partial charge >= 0.3 is 0 Å². The third kappa shape index (κ3) is 5.03. The number of fused-ring (bicyclic) bond motifs is 1. The Bertz CT molecular complexity index is 1730. The fourth-order valence-electron chi connectivity index (χ4n) is 4.26. The first kappa shape index (κ1) is 25.6. The Morgan fingerprint density at radius 3 is 2.53 bits per heavy atom. The van der Waals surface area contributed by atoms with Crippen molar-refractivity contribution < 1.29 is 9.18 Å². The number of carbonyl (C=O) groups is 1. The minimum atomic E-state index is -0.752. The van der Waals surface area contributed by atoms with Gasteiger partial charge in [0.25, 0.3) is 11.5 Å². The van der Waals surface area contributed by atoms with Crippen LogP contribution in [0, 0.1) is 19.7 Å². The predicted molar refractivity (Wildman–Crippen MR) is 144 cm³/mol. The highest BCUT2D eigenvalue weighted by atomic mass is 35.5. The van der Waals surface area contributed by atoms with Gasteiger partial charge < -0.3 is 10.3 Å². The van der Waals surface area contributed by atoms with Crippen molar-refractivity contribution in [3.63, 3.8) is 0 Å². The Morgan fingerprint density at radius 2 is 1.84 bits per heavy atom. The third-order valence-electron chi connectivity index (χ3n) is 6.14. The summed E-state index contributed by atoms with van der Waals surface area (Å²) in [6, 6.07) is 14.4. The molecule has 0 spiro atoms. The molecule has 0 saturated carbocycles. The predicted octanol–water partition coefficient (Wildman–Crippen LogP) is 5.13. The summed E-state index contributed by atoms with van der Waals surface area (Å²) in [5.41, 5.74) is 2.84. The Labute approximate surface area is 226 Å². The number of carbonyl (C=O) groups excluding carboxylic acids is 1. The molecule has 8 nitrogen and oxygen atoms in total. The molecule has 0 bridgehead atoms. The minimum Gasteiger partial charge on any atom is -0.351 e. The monoisotopic (exact) mass is 550 g/mol. The number of halogens is 3. The van der Waals surface area contributed by atoms with E-state index < -0.39 is 23.2 Å². The molecule has 1 amide bonds. The zero-order valence-electron chi connectivity index (χ0n) is 20.3. The van der Waals surface area contributed by atoms with Crippen molar-refractivity contribution in [2.75, 3.05) is 6.54 Å². The molecule has 11 heteroatoms. The number of para-hydroxylation sites is 1. The molecule has 0 aliphatic rings. The van der Waals surface area contributed by atoms with E-state index >= 15 is 0 Å². The van der Waals surface area contributed by atoms with Gasteiger partial charge in [0.2, 0.25) is 0 Å². The van der Waals surface area contributed by atoms with Gasteiger partial charge in [-0.3, -0.25) is 9.59 Å². The Balaban J connectivity index is 1.49. The molecular weight excluding hydrogens is 530 g/mol. The second-order valence-electron chi connectivity index (χ2n) is 8.76. The summed E-state index contributed by atoms with van der Waals surface area (Å²) in [5.74, 6) is -1.22. The second kappa shape index (κ2) is 10.4. The van der Waals surface area contributed by atoms with Crippen molar-refractivity contribution in [1.29, 1.82) is 0 Å². The number of rotatable bonds is 6. The lowest BCUT2D eigenvalue weighted by Crippen LogP contribution is -2.32. The summed E-state index contributed by atoms with van der Waals surface area (Å²) >= 11 is 12.9. The van der Waals surface area contributed by atoms with E-state index in [-0.39, 0.29) is 27.8 Å². The van der Waals surface area contributed by atoms with Gasteiger partial charge in [-0.25, -0.2) is 19.0 Å². The van der Waals surface area contributed by atoms with E-state index in [1.54, 1.807) is 31.2 Å². The molecule has 1 atom stereocenters. The van der Waals surface area contributed by atoms with E-state index in [0.29, 0.717) is 28.1 Å². The van der Waals surface area contributed by atoms with E-state index in [2.05, 4.69) is 25.4 Å². The highest BCUT2D eigenvalue weighted by molar-refractivity contribution is 6.40. The molecule has 0 aliphatic heterocycles. The first-order chi connectivity index (χ1) is 18.2. The van der Waals surface area contributed by atoms with Crippen LogP contribution in [0.25, 0.3) is 16.7 Å². The largest absolute Gasteiger partial charge is 0.351 e. The maximum absolute atomic E-state index is 14.2. The molecule has 2 heterocycles. The summed E-state index contributed by atoms with van der Waals surface area (Å²) in [6.07, 6.45) is 1.51. The van der Waals surface area contributed by atoms with Crippen molar-refractivity contribution in [3.05, 3.63) is 115 Å². The Morgan fingerprint density at radius 1 is 1.11 bits per heavy atom. The number of aromatic nitrogens is 5. The van der Waals surface area contributed by atoms with Crippen LogP contribution in [-0.4, -0.2) is 37.2 Å². The normalized spacial score (nSPS) is 12.0. The number of H-pyrrole nitrogens is 1. The number of hydrogen-bond donors (Lipinski definition) is 2. The number of amides is 1. The molecule has 192 valence electrons.